The van der Waals surface area contributed by atoms with E-state index in [1.54, 1.807) is 0 Å². The third kappa shape index (κ3) is 3.84. The van der Waals surface area contributed by atoms with E-state index in [0.29, 0.717) is 12.0 Å². The van der Waals surface area contributed by atoms with Crippen molar-refractivity contribution >= 4 is 11.6 Å². The molecule has 0 spiro atoms. The van der Waals surface area contributed by atoms with Crippen LogP contribution in [0.1, 0.15) is 52.3 Å². The van der Waals surface area contributed by atoms with E-state index in [-0.39, 0.29) is 0 Å². The highest BCUT2D eigenvalue weighted by atomic mass is 15.1. The third-order valence-corrected chi connectivity index (χ3v) is 4.27. The van der Waals surface area contributed by atoms with Gasteiger partial charge in [-0.15, -0.1) is 0 Å². The predicted octanol–water partition coefficient (Wildman–Crippen LogP) is 3.71. The molecule has 2 N–H and O–H groups in total. The van der Waals surface area contributed by atoms with Gasteiger partial charge < -0.3 is 10.6 Å². The summed E-state index contributed by atoms with van der Waals surface area (Å²) < 4.78 is 0. The van der Waals surface area contributed by atoms with Crippen LogP contribution in [0.15, 0.2) is 6.07 Å². The van der Waals surface area contributed by atoms with E-state index in [9.17, 15) is 0 Å². The Morgan fingerprint density at radius 2 is 1.95 bits per heavy atom. The number of aromatic nitrogens is 2. The molecule has 1 aliphatic rings. The minimum atomic E-state index is 0.542. The summed E-state index contributed by atoms with van der Waals surface area (Å²) in [6, 6.07) is 2.56. The van der Waals surface area contributed by atoms with Crippen LogP contribution in [0.25, 0.3) is 0 Å². The Kier molecular flexibility index (Phi) is 5.21. The number of hydrogen-bond acceptors (Lipinski definition) is 4. The highest BCUT2D eigenvalue weighted by molar-refractivity contribution is 5.47. The fourth-order valence-electron chi connectivity index (χ4n) is 3.10. The molecule has 0 bridgehead atoms. The Bertz CT molecular complexity index is 432. The minimum Gasteiger partial charge on any atom is -0.373 e. The number of hydrogen-bond donors (Lipinski definition) is 2. The van der Waals surface area contributed by atoms with Gasteiger partial charge in [0.05, 0.1) is 0 Å². The van der Waals surface area contributed by atoms with Gasteiger partial charge in [0.15, 0.2) is 0 Å². The number of rotatable bonds is 5. The molecule has 4 heteroatoms. The predicted molar refractivity (Wildman–Crippen MR) is 85.2 cm³/mol. The molecule has 2 rings (SSSR count). The second-order valence-corrected chi connectivity index (χ2v) is 6.20. The second-order valence-electron chi connectivity index (χ2n) is 6.20. The molecule has 0 radical (unpaired) electrons. The first kappa shape index (κ1) is 15.1. The van der Waals surface area contributed by atoms with Crippen molar-refractivity contribution in [2.75, 3.05) is 17.7 Å². The molecule has 3 atom stereocenters. The lowest BCUT2D eigenvalue weighted by molar-refractivity contribution is 0.276. The van der Waals surface area contributed by atoms with Crippen LogP contribution in [0.4, 0.5) is 11.6 Å². The Labute approximate surface area is 122 Å². The van der Waals surface area contributed by atoms with E-state index in [1.165, 1.54) is 19.3 Å². The van der Waals surface area contributed by atoms with Crippen LogP contribution in [0.2, 0.25) is 0 Å². The Morgan fingerprint density at radius 1 is 1.20 bits per heavy atom. The van der Waals surface area contributed by atoms with E-state index in [4.69, 9.17) is 0 Å². The van der Waals surface area contributed by atoms with Gasteiger partial charge in [-0.05, 0) is 37.5 Å². The molecule has 112 valence electrons. The summed E-state index contributed by atoms with van der Waals surface area (Å²) in [5.41, 5.74) is 0. The summed E-state index contributed by atoms with van der Waals surface area (Å²) in [6.07, 6.45) is 5.87. The molecule has 1 fully saturated rings. The quantitative estimate of drug-likeness (QED) is 0.861. The number of anilines is 2. The molecule has 0 aromatic carbocycles. The van der Waals surface area contributed by atoms with E-state index < -0.39 is 0 Å². The topological polar surface area (TPSA) is 49.8 Å². The Hall–Kier alpha value is -1.32. The van der Waals surface area contributed by atoms with Gasteiger partial charge >= 0.3 is 0 Å². The van der Waals surface area contributed by atoms with Crippen LogP contribution in [-0.4, -0.2) is 23.1 Å². The van der Waals surface area contributed by atoms with Crippen molar-refractivity contribution in [1.82, 2.24) is 9.97 Å². The molecule has 0 aliphatic heterocycles. The van der Waals surface area contributed by atoms with Gasteiger partial charge in [-0.1, -0.05) is 20.8 Å². The van der Waals surface area contributed by atoms with Gasteiger partial charge in [-0.25, -0.2) is 9.97 Å². The van der Waals surface area contributed by atoms with Crippen molar-refractivity contribution < 1.29 is 0 Å². The molecular formula is C16H28N4. The van der Waals surface area contributed by atoms with Crippen LogP contribution in [0, 0.1) is 11.8 Å². The third-order valence-electron chi connectivity index (χ3n) is 4.27. The van der Waals surface area contributed by atoms with Crippen molar-refractivity contribution in [2.45, 2.75) is 58.9 Å². The van der Waals surface area contributed by atoms with Crippen molar-refractivity contribution in [3.63, 3.8) is 0 Å². The van der Waals surface area contributed by atoms with Gasteiger partial charge in [0.2, 0.25) is 0 Å². The van der Waals surface area contributed by atoms with Gasteiger partial charge in [-0.2, -0.15) is 0 Å². The molecule has 1 saturated carbocycles. The molecule has 1 aliphatic carbocycles. The van der Waals surface area contributed by atoms with Crippen LogP contribution < -0.4 is 10.6 Å². The van der Waals surface area contributed by atoms with E-state index >= 15 is 0 Å². The highest BCUT2D eigenvalue weighted by Crippen LogP contribution is 2.30. The van der Waals surface area contributed by atoms with Gasteiger partial charge in [0.25, 0.3) is 0 Å². The molecule has 1 aromatic heterocycles. The van der Waals surface area contributed by atoms with Gasteiger partial charge in [0.1, 0.15) is 17.5 Å². The standard InChI is InChI=1S/C16H28N4/c1-5-6-14-19-15(17-4)10-16(20-14)18-13-8-7-11(2)9-12(13)3/h10-13H,5-9H2,1-4H3,(H2,17,18,19,20). The smallest absolute Gasteiger partial charge is 0.133 e. The molecule has 1 heterocycles. The first-order valence-electron chi connectivity index (χ1n) is 7.94. The van der Waals surface area contributed by atoms with Crippen molar-refractivity contribution in [3.8, 4) is 0 Å². The average Bonchev–Trinajstić information content (AvgIpc) is 2.42. The zero-order valence-corrected chi connectivity index (χ0v) is 13.2. The van der Waals surface area contributed by atoms with Crippen molar-refractivity contribution in [2.24, 2.45) is 11.8 Å². The molecule has 0 saturated heterocycles. The first-order valence-corrected chi connectivity index (χ1v) is 7.94. The maximum absolute atomic E-state index is 4.66. The van der Waals surface area contributed by atoms with Crippen LogP contribution in [0.3, 0.4) is 0 Å². The second kappa shape index (κ2) is 6.91. The number of aryl methyl sites for hydroxylation is 1. The normalized spacial score (nSPS) is 26.3. The fourth-order valence-corrected chi connectivity index (χ4v) is 3.10. The molecular weight excluding hydrogens is 248 g/mol. The van der Waals surface area contributed by atoms with Crippen molar-refractivity contribution in [1.29, 1.82) is 0 Å². The Balaban J connectivity index is 2.09. The zero-order chi connectivity index (χ0) is 14.5. The summed E-state index contributed by atoms with van der Waals surface area (Å²) in [4.78, 5) is 9.16. The molecule has 4 nitrogen and oxygen atoms in total. The first-order chi connectivity index (χ1) is 9.62. The molecule has 3 unspecified atom stereocenters. The largest absolute Gasteiger partial charge is 0.373 e. The summed E-state index contributed by atoms with van der Waals surface area (Å²) in [5.74, 6) is 4.37. The number of nitrogens with one attached hydrogen (secondary N) is 2. The fraction of sp³-hybridized carbons (Fsp3) is 0.750. The SMILES string of the molecule is CCCc1nc(NC)cc(NC2CCC(C)CC2C)n1. The van der Waals surface area contributed by atoms with Crippen LogP contribution in [0.5, 0.6) is 0 Å². The lowest BCUT2D eigenvalue weighted by Gasteiger charge is -2.33. The van der Waals surface area contributed by atoms with Crippen molar-refractivity contribution in [3.05, 3.63) is 11.9 Å². The maximum atomic E-state index is 4.66. The zero-order valence-electron chi connectivity index (χ0n) is 13.2. The molecule has 20 heavy (non-hydrogen) atoms. The summed E-state index contributed by atoms with van der Waals surface area (Å²) >= 11 is 0. The van der Waals surface area contributed by atoms with Crippen LogP contribution in [-0.2, 0) is 6.42 Å². The average molecular weight is 276 g/mol. The van der Waals surface area contributed by atoms with E-state index in [1.807, 2.05) is 13.1 Å². The van der Waals surface area contributed by atoms with E-state index in [0.717, 1.165) is 36.2 Å². The summed E-state index contributed by atoms with van der Waals surface area (Å²) in [6.45, 7) is 6.86. The minimum absolute atomic E-state index is 0.542. The monoisotopic (exact) mass is 276 g/mol. The van der Waals surface area contributed by atoms with Gasteiger partial charge in [-0.3, -0.25) is 0 Å². The summed E-state index contributed by atoms with van der Waals surface area (Å²) in [7, 11) is 1.91. The molecule has 0 amide bonds. The van der Waals surface area contributed by atoms with Gasteiger partial charge in [0, 0.05) is 25.6 Å². The lowest BCUT2D eigenvalue weighted by Crippen LogP contribution is -2.33. The molecule has 1 aromatic rings. The van der Waals surface area contributed by atoms with Crippen LogP contribution >= 0.6 is 0 Å². The number of nitrogens with zero attached hydrogens (tertiary/aromatic N) is 2. The highest BCUT2D eigenvalue weighted by Gasteiger charge is 2.25. The maximum Gasteiger partial charge on any atom is 0.133 e. The Morgan fingerprint density at radius 3 is 2.60 bits per heavy atom. The van der Waals surface area contributed by atoms with E-state index in [2.05, 4.69) is 41.4 Å². The summed E-state index contributed by atoms with van der Waals surface area (Å²) in [5, 5.41) is 6.76. The lowest BCUT2D eigenvalue weighted by atomic mass is 9.80.